The molecule has 21 heavy (non-hydrogen) atoms. The summed E-state index contributed by atoms with van der Waals surface area (Å²) in [6.07, 6.45) is 2.38. The number of carbonyl (C=O) groups excluding carboxylic acids is 2. The predicted molar refractivity (Wildman–Crippen MR) is 81.2 cm³/mol. The highest BCUT2D eigenvalue weighted by atomic mass is 35.5. The van der Waals surface area contributed by atoms with Crippen molar-refractivity contribution < 1.29 is 14.3 Å². The topological polar surface area (TPSA) is 72.6 Å². The van der Waals surface area contributed by atoms with E-state index in [0.717, 1.165) is 12.8 Å². The molecule has 0 aromatic heterocycles. The number of nitrogen functional groups attached to an aromatic ring is 1. The first-order valence-electron chi connectivity index (χ1n) is 7.07. The van der Waals surface area contributed by atoms with Gasteiger partial charge in [-0.15, -0.1) is 0 Å². The molecule has 0 aliphatic carbocycles. The average molecular weight is 311 g/mol. The maximum absolute atomic E-state index is 12.7. The van der Waals surface area contributed by atoms with Crippen molar-refractivity contribution in [2.75, 3.05) is 18.9 Å². The van der Waals surface area contributed by atoms with Crippen LogP contribution in [0.25, 0.3) is 0 Å². The summed E-state index contributed by atoms with van der Waals surface area (Å²) in [7, 11) is 0. The van der Waals surface area contributed by atoms with E-state index < -0.39 is 6.04 Å². The largest absolute Gasteiger partial charge is 0.464 e. The van der Waals surface area contributed by atoms with E-state index in [1.807, 2.05) is 0 Å². The summed E-state index contributed by atoms with van der Waals surface area (Å²) in [5.74, 6) is -0.626. The summed E-state index contributed by atoms with van der Waals surface area (Å²) < 4.78 is 5.06. The van der Waals surface area contributed by atoms with Crippen LogP contribution in [0.2, 0.25) is 5.02 Å². The highest BCUT2D eigenvalue weighted by Gasteiger charge is 2.34. The number of benzene rings is 1. The smallest absolute Gasteiger partial charge is 0.328 e. The molecule has 0 bridgehead atoms. The third kappa shape index (κ3) is 3.47. The number of nitrogens with zero attached hydrogens (tertiary/aromatic N) is 1. The number of nitrogens with two attached hydrogens (primary N) is 1. The SMILES string of the molecule is CCOC(=O)C1CCCCN1C(=O)c1cc(Cl)ccc1N. The zero-order valence-corrected chi connectivity index (χ0v) is 12.7. The van der Waals surface area contributed by atoms with E-state index in [9.17, 15) is 9.59 Å². The molecule has 1 aromatic carbocycles. The third-order valence-electron chi connectivity index (χ3n) is 3.57. The Morgan fingerprint density at radius 2 is 2.19 bits per heavy atom. The third-order valence-corrected chi connectivity index (χ3v) is 3.80. The Kier molecular flexibility index (Phi) is 5.07. The van der Waals surface area contributed by atoms with Crippen molar-refractivity contribution in [3.05, 3.63) is 28.8 Å². The van der Waals surface area contributed by atoms with Crippen LogP contribution in [-0.2, 0) is 9.53 Å². The van der Waals surface area contributed by atoms with Gasteiger partial charge in [0.05, 0.1) is 12.2 Å². The molecule has 1 heterocycles. The van der Waals surface area contributed by atoms with Crippen molar-refractivity contribution in [1.29, 1.82) is 0 Å². The Bertz CT molecular complexity index is 548. The number of piperidine rings is 1. The number of esters is 1. The van der Waals surface area contributed by atoms with Crippen LogP contribution >= 0.6 is 11.6 Å². The number of rotatable bonds is 3. The van der Waals surface area contributed by atoms with Gasteiger partial charge in [0.25, 0.3) is 5.91 Å². The molecule has 1 atom stereocenters. The van der Waals surface area contributed by atoms with E-state index in [0.29, 0.717) is 35.8 Å². The lowest BCUT2D eigenvalue weighted by Gasteiger charge is -2.34. The van der Waals surface area contributed by atoms with Crippen LogP contribution in [0.1, 0.15) is 36.5 Å². The Morgan fingerprint density at radius 3 is 2.90 bits per heavy atom. The van der Waals surface area contributed by atoms with Gasteiger partial charge in [-0.1, -0.05) is 11.6 Å². The second-order valence-electron chi connectivity index (χ2n) is 4.99. The number of likely N-dealkylation sites (tertiary alicyclic amines) is 1. The monoisotopic (exact) mass is 310 g/mol. The van der Waals surface area contributed by atoms with Crippen LogP contribution in [0.3, 0.4) is 0 Å². The summed E-state index contributed by atoms with van der Waals surface area (Å²) >= 11 is 5.93. The van der Waals surface area contributed by atoms with E-state index in [1.165, 1.54) is 6.07 Å². The molecule has 0 radical (unpaired) electrons. The summed E-state index contributed by atoms with van der Waals surface area (Å²) in [6.45, 7) is 2.58. The van der Waals surface area contributed by atoms with E-state index in [-0.39, 0.29) is 11.9 Å². The second kappa shape index (κ2) is 6.80. The Balaban J connectivity index is 2.26. The zero-order valence-electron chi connectivity index (χ0n) is 12.0. The van der Waals surface area contributed by atoms with Crippen molar-refractivity contribution in [3.63, 3.8) is 0 Å². The fourth-order valence-electron chi connectivity index (χ4n) is 2.53. The number of carbonyl (C=O) groups is 2. The number of anilines is 1. The van der Waals surface area contributed by atoms with Crippen LogP contribution in [0, 0.1) is 0 Å². The molecular weight excluding hydrogens is 292 g/mol. The Labute approximate surface area is 129 Å². The molecular formula is C15H19ClN2O3. The normalized spacial score (nSPS) is 18.4. The van der Waals surface area contributed by atoms with Crippen molar-refractivity contribution in [1.82, 2.24) is 4.90 Å². The zero-order chi connectivity index (χ0) is 15.4. The fraction of sp³-hybridized carbons (Fsp3) is 0.467. The fourth-order valence-corrected chi connectivity index (χ4v) is 2.70. The van der Waals surface area contributed by atoms with Gasteiger partial charge in [-0.25, -0.2) is 4.79 Å². The average Bonchev–Trinajstić information content (AvgIpc) is 2.49. The number of amides is 1. The summed E-state index contributed by atoms with van der Waals surface area (Å²) in [5, 5.41) is 0.442. The Hall–Kier alpha value is -1.75. The lowest BCUT2D eigenvalue weighted by atomic mass is 10.0. The molecule has 2 rings (SSSR count). The number of hydrogen-bond acceptors (Lipinski definition) is 4. The molecule has 5 nitrogen and oxygen atoms in total. The highest BCUT2D eigenvalue weighted by Crippen LogP contribution is 2.25. The lowest BCUT2D eigenvalue weighted by Crippen LogP contribution is -2.48. The minimum absolute atomic E-state index is 0.271. The minimum atomic E-state index is -0.537. The van der Waals surface area contributed by atoms with Crippen molar-refractivity contribution in [2.45, 2.75) is 32.2 Å². The molecule has 1 amide bonds. The van der Waals surface area contributed by atoms with E-state index >= 15 is 0 Å². The molecule has 2 N–H and O–H groups in total. The van der Waals surface area contributed by atoms with Crippen LogP contribution in [-0.4, -0.2) is 36.0 Å². The van der Waals surface area contributed by atoms with Crippen LogP contribution in [0.4, 0.5) is 5.69 Å². The number of halogens is 1. The van der Waals surface area contributed by atoms with E-state index in [1.54, 1.807) is 24.0 Å². The van der Waals surface area contributed by atoms with Gasteiger partial charge in [0, 0.05) is 17.3 Å². The first-order valence-corrected chi connectivity index (χ1v) is 7.45. The lowest BCUT2D eigenvalue weighted by molar-refractivity contribution is -0.149. The standard InChI is InChI=1S/C15H19ClN2O3/c1-2-21-15(20)13-5-3-4-8-18(13)14(19)11-9-10(16)6-7-12(11)17/h6-7,9,13H,2-5,8,17H2,1H3. The van der Waals surface area contributed by atoms with Crippen LogP contribution < -0.4 is 5.73 Å². The van der Waals surface area contributed by atoms with Crippen molar-refractivity contribution in [2.24, 2.45) is 0 Å². The van der Waals surface area contributed by atoms with Gasteiger partial charge >= 0.3 is 5.97 Å². The molecule has 0 spiro atoms. The summed E-state index contributed by atoms with van der Waals surface area (Å²) in [4.78, 5) is 26.2. The first-order chi connectivity index (χ1) is 10.0. The van der Waals surface area contributed by atoms with Gasteiger partial charge < -0.3 is 15.4 Å². The molecule has 6 heteroatoms. The second-order valence-corrected chi connectivity index (χ2v) is 5.43. The summed E-state index contributed by atoms with van der Waals surface area (Å²) in [6, 6.07) is 4.23. The van der Waals surface area contributed by atoms with Crippen molar-refractivity contribution in [3.8, 4) is 0 Å². The van der Waals surface area contributed by atoms with Gasteiger partial charge in [-0.2, -0.15) is 0 Å². The van der Waals surface area contributed by atoms with Gasteiger partial charge in [-0.05, 0) is 44.4 Å². The van der Waals surface area contributed by atoms with Gasteiger partial charge in [-0.3, -0.25) is 4.79 Å². The number of hydrogen-bond donors (Lipinski definition) is 1. The molecule has 1 saturated heterocycles. The first kappa shape index (κ1) is 15.6. The minimum Gasteiger partial charge on any atom is -0.464 e. The van der Waals surface area contributed by atoms with E-state index in [2.05, 4.69) is 0 Å². The molecule has 1 aliphatic heterocycles. The predicted octanol–water partition coefficient (Wildman–Crippen LogP) is 2.48. The van der Waals surface area contributed by atoms with Gasteiger partial charge in [0.2, 0.25) is 0 Å². The quantitative estimate of drug-likeness (QED) is 0.687. The van der Waals surface area contributed by atoms with Crippen LogP contribution in [0.5, 0.6) is 0 Å². The Morgan fingerprint density at radius 1 is 1.43 bits per heavy atom. The van der Waals surface area contributed by atoms with E-state index in [4.69, 9.17) is 22.1 Å². The molecule has 114 valence electrons. The molecule has 1 fully saturated rings. The summed E-state index contributed by atoms with van der Waals surface area (Å²) in [5.41, 5.74) is 6.55. The molecule has 1 aromatic rings. The van der Waals surface area contributed by atoms with Gasteiger partial charge in [0.15, 0.2) is 0 Å². The maximum Gasteiger partial charge on any atom is 0.328 e. The van der Waals surface area contributed by atoms with Crippen LogP contribution in [0.15, 0.2) is 18.2 Å². The highest BCUT2D eigenvalue weighted by molar-refractivity contribution is 6.31. The van der Waals surface area contributed by atoms with Gasteiger partial charge in [0.1, 0.15) is 6.04 Å². The maximum atomic E-state index is 12.7. The number of ether oxygens (including phenoxy) is 1. The molecule has 1 unspecified atom stereocenters. The molecule has 0 saturated carbocycles. The molecule has 1 aliphatic rings. The van der Waals surface area contributed by atoms with Crippen molar-refractivity contribution >= 4 is 29.2 Å².